The summed E-state index contributed by atoms with van der Waals surface area (Å²) in [6, 6.07) is 14.8. The van der Waals surface area contributed by atoms with Gasteiger partial charge >= 0.3 is 0 Å². The molecule has 2 aromatic carbocycles. The van der Waals surface area contributed by atoms with Crippen LogP contribution in [0.5, 0.6) is 0 Å². The molecule has 0 aromatic heterocycles. The first-order valence-corrected chi connectivity index (χ1v) is 9.99. The van der Waals surface area contributed by atoms with Crippen LogP contribution in [0.25, 0.3) is 17.2 Å². The van der Waals surface area contributed by atoms with Crippen molar-refractivity contribution in [2.24, 2.45) is 11.1 Å². The molecule has 1 fully saturated rings. The molecule has 0 spiro atoms. The maximum absolute atomic E-state index is 11.7. The van der Waals surface area contributed by atoms with Crippen LogP contribution in [0.2, 0.25) is 0 Å². The Kier molecular flexibility index (Phi) is 5.17. The molecule has 0 unspecified atom stereocenters. The Morgan fingerprint density at radius 3 is 2.25 bits per heavy atom. The monoisotopic (exact) mass is 341 g/mol. The largest absolute Gasteiger partial charge is 0.238 e. The molecule has 2 N–H and O–H groups in total. The summed E-state index contributed by atoms with van der Waals surface area (Å²) >= 11 is 0. The smallest absolute Gasteiger partial charge is 0.225 e. The first kappa shape index (κ1) is 16.9. The van der Waals surface area contributed by atoms with E-state index in [0.717, 1.165) is 11.1 Å². The lowest BCUT2D eigenvalue weighted by molar-refractivity contribution is 0.420. The second kappa shape index (κ2) is 7.32. The maximum atomic E-state index is 11.7. The molecule has 4 heteroatoms. The Morgan fingerprint density at radius 1 is 0.917 bits per heavy atom. The zero-order chi connectivity index (χ0) is 17.0. The van der Waals surface area contributed by atoms with Gasteiger partial charge in [0, 0.05) is 5.56 Å². The van der Waals surface area contributed by atoms with Crippen LogP contribution < -0.4 is 5.14 Å². The number of primary sulfonamides is 1. The highest BCUT2D eigenvalue weighted by molar-refractivity contribution is 7.89. The number of allylic oxidation sites excluding steroid dienone is 1. The van der Waals surface area contributed by atoms with Gasteiger partial charge in [-0.25, -0.2) is 13.6 Å². The standard InChI is InChI=1S/C20H23NO2S/c21-24(22,23)20-9-5-4-8-19(20)18-14-12-17(13-15-18)11-10-16-6-2-1-3-7-16/h4-5,8-16H,1-3,6-7H2,(H2,21,22,23)/b11-10-. The van der Waals surface area contributed by atoms with E-state index in [0.29, 0.717) is 11.5 Å². The van der Waals surface area contributed by atoms with E-state index in [1.165, 1.54) is 32.1 Å². The number of benzene rings is 2. The third-order valence-corrected chi connectivity index (χ3v) is 5.59. The Morgan fingerprint density at radius 2 is 1.58 bits per heavy atom. The Hall–Kier alpha value is -1.91. The van der Waals surface area contributed by atoms with Crippen LogP contribution in [0.1, 0.15) is 37.7 Å². The van der Waals surface area contributed by atoms with Gasteiger partial charge in [-0.15, -0.1) is 0 Å². The number of hydrogen-bond acceptors (Lipinski definition) is 2. The molecule has 2 aromatic rings. The van der Waals surface area contributed by atoms with Crippen LogP contribution in [-0.2, 0) is 10.0 Å². The Bertz CT molecular complexity index is 817. The normalized spacial score (nSPS) is 16.5. The number of sulfonamides is 1. The minimum Gasteiger partial charge on any atom is -0.225 e. The van der Waals surface area contributed by atoms with Gasteiger partial charge in [-0.1, -0.05) is 73.9 Å². The fourth-order valence-corrected chi connectivity index (χ4v) is 4.06. The maximum Gasteiger partial charge on any atom is 0.238 e. The second-order valence-corrected chi connectivity index (χ2v) is 7.95. The van der Waals surface area contributed by atoms with Gasteiger partial charge in [0.15, 0.2) is 0 Å². The summed E-state index contributed by atoms with van der Waals surface area (Å²) in [7, 11) is -3.73. The molecule has 1 aliphatic carbocycles. The second-order valence-electron chi connectivity index (χ2n) is 6.42. The van der Waals surface area contributed by atoms with E-state index in [4.69, 9.17) is 5.14 Å². The van der Waals surface area contributed by atoms with Gasteiger partial charge in [0.1, 0.15) is 0 Å². The zero-order valence-electron chi connectivity index (χ0n) is 13.7. The molecular formula is C20H23NO2S. The lowest BCUT2D eigenvalue weighted by Gasteiger charge is -2.17. The van der Waals surface area contributed by atoms with Crippen molar-refractivity contribution in [1.82, 2.24) is 0 Å². The predicted molar refractivity (Wildman–Crippen MR) is 98.9 cm³/mol. The van der Waals surface area contributed by atoms with Crippen LogP contribution in [0.4, 0.5) is 0 Å². The van der Waals surface area contributed by atoms with Gasteiger partial charge in [0.2, 0.25) is 10.0 Å². The first-order valence-electron chi connectivity index (χ1n) is 8.44. The van der Waals surface area contributed by atoms with Crippen LogP contribution >= 0.6 is 0 Å². The highest BCUT2D eigenvalue weighted by Gasteiger charge is 2.14. The van der Waals surface area contributed by atoms with E-state index in [1.807, 2.05) is 30.3 Å². The average molecular weight is 341 g/mol. The summed E-state index contributed by atoms with van der Waals surface area (Å²) in [5.74, 6) is 0.696. The van der Waals surface area contributed by atoms with Gasteiger partial charge in [-0.2, -0.15) is 0 Å². The van der Waals surface area contributed by atoms with Crippen molar-refractivity contribution < 1.29 is 8.42 Å². The fourth-order valence-electron chi connectivity index (χ4n) is 3.30. The van der Waals surface area contributed by atoms with Gasteiger partial charge in [0.25, 0.3) is 0 Å². The molecule has 0 saturated heterocycles. The third kappa shape index (κ3) is 4.13. The molecule has 0 bridgehead atoms. The van der Waals surface area contributed by atoms with Crippen LogP contribution in [0, 0.1) is 5.92 Å². The van der Waals surface area contributed by atoms with Crippen LogP contribution in [-0.4, -0.2) is 8.42 Å². The lowest BCUT2D eigenvalue weighted by Crippen LogP contribution is -2.13. The molecule has 0 radical (unpaired) electrons. The van der Waals surface area contributed by atoms with Crippen molar-refractivity contribution >= 4 is 16.1 Å². The lowest BCUT2D eigenvalue weighted by atomic mass is 9.89. The fraction of sp³-hybridized carbons (Fsp3) is 0.300. The molecule has 0 heterocycles. The highest BCUT2D eigenvalue weighted by Crippen LogP contribution is 2.28. The summed E-state index contributed by atoms with van der Waals surface area (Å²) in [4.78, 5) is 0.162. The molecule has 3 rings (SSSR count). The van der Waals surface area contributed by atoms with Crippen LogP contribution in [0.15, 0.2) is 59.5 Å². The minimum atomic E-state index is -3.73. The average Bonchev–Trinajstić information content (AvgIpc) is 2.61. The SMILES string of the molecule is NS(=O)(=O)c1ccccc1-c1ccc(/C=C\C2CCCCC2)cc1. The Balaban J connectivity index is 1.81. The van der Waals surface area contributed by atoms with Gasteiger partial charge in [0.05, 0.1) is 4.90 Å². The number of rotatable bonds is 4. The quantitative estimate of drug-likeness (QED) is 0.884. The molecule has 126 valence electrons. The molecule has 24 heavy (non-hydrogen) atoms. The van der Waals surface area contributed by atoms with Crippen molar-refractivity contribution in [1.29, 1.82) is 0 Å². The summed E-state index contributed by atoms with van der Waals surface area (Å²) in [5.41, 5.74) is 2.63. The predicted octanol–water partition coefficient (Wildman–Crippen LogP) is 4.59. The minimum absolute atomic E-state index is 0.162. The number of hydrogen-bond donors (Lipinski definition) is 1. The highest BCUT2D eigenvalue weighted by atomic mass is 32.2. The third-order valence-electron chi connectivity index (χ3n) is 4.63. The topological polar surface area (TPSA) is 60.2 Å². The molecule has 0 aliphatic heterocycles. The van der Waals surface area contributed by atoms with E-state index in [-0.39, 0.29) is 4.90 Å². The van der Waals surface area contributed by atoms with Crippen molar-refractivity contribution in [3.05, 3.63) is 60.2 Å². The van der Waals surface area contributed by atoms with Gasteiger partial charge < -0.3 is 0 Å². The van der Waals surface area contributed by atoms with E-state index in [9.17, 15) is 8.42 Å². The molecule has 0 atom stereocenters. The molecule has 0 amide bonds. The summed E-state index contributed by atoms with van der Waals surface area (Å²) in [6.07, 6.45) is 11.1. The molecular weight excluding hydrogens is 318 g/mol. The van der Waals surface area contributed by atoms with Crippen LogP contribution in [0.3, 0.4) is 0 Å². The van der Waals surface area contributed by atoms with E-state index in [1.54, 1.807) is 18.2 Å². The summed E-state index contributed by atoms with van der Waals surface area (Å²) in [6.45, 7) is 0. The zero-order valence-corrected chi connectivity index (χ0v) is 14.5. The van der Waals surface area contributed by atoms with Gasteiger partial charge in [-0.3, -0.25) is 0 Å². The Labute approximate surface area is 144 Å². The molecule has 1 saturated carbocycles. The van der Waals surface area contributed by atoms with Crippen molar-refractivity contribution in [3.63, 3.8) is 0 Å². The van der Waals surface area contributed by atoms with Gasteiger partial charge in [-0.05, 0) is 36.0 Å². The van der Waals surface area contributed by atoms with Crippen molar-refractivity contribution in [2.45, 2.75) is 37.0 Å². The van der Waals surface area contributed by atoms with Crippen molar-refractivity contribution in [2.75, 3.05) is 0 Å². The first-order chi connectivity index (χ1) is 11.5. The summed E-state index contributed by atoms with van der Waals surface area (Å²) < 4.78 is 23.5. The van der Waals surface area contributed by atoms with E-state index in [2.05, 4.69) is 12.2 Å². The molecule has 1 aliphatic rings. The molecule has 3 nitrogen and oxygen atoms in total. The van der Waals surface area contributed by atoms with E-state index < -0.39 is 10.0 Å². The summed E-state index contributed by atoms with van der Waals surface area (Å²) in [5, 5.41) is 5.32. The number of nitrogens with two attached hydrogens (primary N) is 1. The van der Waals surface area contributed by atoms with E-state index >= 15 is 0 Å². The van der Waals surface area contributed by atoms with Crippen molar-refractivity contribution in [3.8, 4) is 11.1 Å².